The third kappa shape index (κ3) is 6.11. The van der Waals surface area contributed by atoms with Crippen molar-refractivity contribution in [1.29, 1.82) is 0 Å². The van der Waals surface area contributed by atoms with Crippen molar-refractivity contribution in [3.05, 3.63) is 191 Å². The normalized spacial score (nSPS) is 15.8. The topological polar surface area (TPSA) is 0 Å². The Morgan fingerprint density at radius 2 is 0.689 bits per heavy atom. The van der Waals surface area contributed by atoms with Gasteiger partial charge < -0.3 is 24.8 Å². The molecule has 2 aliphatic rings. The van der Waals surface area contributed by atoms with Crippen molar-refractivity contribution in [2.75, 3.05) is 0 Å². The van der Waals surface area contributed by atoms with Gasteiger partial charge in [-0.1, -0.05) is 0 Å². The molecule has 0 aliphatic heterocycles. The summed E-state index contributed by atoms with van der Waals surface area (Å²) in [5.74, 6) is 0. The third-order valence-electron chi connectivity index (χ3n) is 8.80. The Morgan fingerprint density at radius 3 is 1.13 bits per heavy atom. The van der Waals surface area contributed by atoms with E-state index < -0.39 is 23.2 Å². The number of rotatable bonds is 6. The van der Waals surface area contributed by atoms with E-state index in [0.717, 1.165) is 0 Å². The van der Waals surface area contributed by atoms with Crippen LogP contribution in [0.4, 0.5) is 0 Å². The van der Waals surface area contributed by atoms with E-state index in [9.17, 15) is 0 Å². The minimum Gasteiger partial charge on any atom is -1.00 e. The van der Waals surface area contributed by atoms with E-state index in [2.05, 4.69) is 170 Å². The predicted octanol–water partition coefficient (Wildman–Crippen LogP) is 5.00. The zero-order valence-corrected chi connectivity index (χ0v) is 28.5. The maximum Gasteiger partial charge on any atom is -1.00 e. The summed E-state index contributed by atoms with van der Waals surface area (Å²) in [6.45, 7) is 0. The van der Waals surface area contributed by atoms with E-state index in [0.29, 0.717) is 7.25 Å². The summed E-state index contributed by atoms with van der Waals surface area (Å²) in [4.78, 5) is 0. The van der Waals surface area contributed by atoms with Gasteiger partial charge in [-0.15, -0.1) is 0 Å². The van der Waals surface area contributed by atoms with Crippen LogP contribution in [0.2, 0.25) is 0 Å². The third-order valence-corrected chi connectivity index (χ3v) is 13.5. The molecule has 0 amide bonds. The Hall–Kier alpha value is -3.74. The Bertz CT molecular complexity index is 1860. The van der Waals surface area contributed by atoms with Gasteiger partial charge in [0.1, 0.15) is 0 Å². The molecule has 0 fully saturated rings. The maximum atomic E-state index is 2.48. The summed E-state index contributed by atoms with van der Waals surface area (Å²) in [5.41, 5.74) is 16.6. The minimum atomic E-state index is -1.11. The molecule has 3 heteroatoms. The molecule has 0 radical (unpaired) electrons. The molecule has 0 N–H and O–H groups in total. The molecule has 0 nitrogen and oxygen atoms in total. The van der Waals surface area contributed by atoms with Crippen LogP contribution in [0.15, 0.2) is 158 Å². The van der Waals surface area contributed by atoms with E-state index in [4.69, 9.17) is 0 Å². The quantitative estimate of drug-likeness (QED) is 0.230. The van der Waals surface area contributed by atoms with Crippen molar-refractivity contribution in [2.24, 2.45) is 0 Å². The van der Waals surface area contributed by atoms with Crippen molar-refractivity contribution in [2.45, 2.75) is 7.25 Å². The second kappa shape index (κ2) is 13.7. The molecule has 0 spiro atoms. The molecule has 8 rings (SSSR count). The Morgan fingerprint density at radius 1 is 0.333 bits per heavy atom. The summed E-state index contributed by atoms with van der Waals surface area (Å²) < 4.78 is 0.949. The number of benzene rings is 6. The SMILES string of the molecule is C1=C(c2cccc(-c3ccccc3)c2)[CH]([Zr+2][CH]2C(c3cccc(-c4ccccc4)c3)=Cc3ccccc32)c2ccccc21.[Cl-].[Cl-]. The molecule has 2 aliphatic carbocycles. The number of hydrogen-bond acceptors (Lipinski definition) is 0. The van der Waals surface area contributed by atoms with Gasteiger partial charge in [-0.2, -0.15) is 0 Å². The summed E-state index contributed by atoms with van der Waals surface area (Å²) >= 11 is -1.11. The fraction of sp³-hybridized carbons (Fsp3) is 0.0476. The molecule has 0 saturated carbocycles. The molecule has 6 aromatic rings. The van der Waals surface area contributed by atoms with Crippen molar-refractivity contribution in [3.8, 4) is 22.3 Å². The molecule has 2 unspecified atom stereocenters. The molecule has 6 aromatic carbocycles. The maximum absolute atomic E-state index is 2.48. The van der Waals surface area contributed by atoms with Crippen LogP contribution in [0.25, 0.3) is 45.6 Å². The predicted molar refractivity (Wildman–Crippen MR) is 178 cm³/mol. The van der Waals surface area contributed by atoms with E-state index in [1.165, 1.54) is 66.8 Å². The number of hydrogen-bond donors (Lipinski definition) is 0. The molecule has 0 bridgehead atoms. The number of fused-ring (bicyclic) bond motifs is 2. The Labute approximate surface area is 290 Å². The molecule has 0 heterocycles. The monoisotopic (exact) mass is 694 g/mol. The van der Waals surface area contributed by atoms with Crippen molar-refractivity contribution in [1.82, 2.24) is 0 Å². The van der Waals surface area contributed by atoms with Crippen LogP contribution in [0.3, 0.4) is 0 Å². The van der Waals surface area contributed by atoms with Crippen LogP contribution in [0, 0.1) is 0 Å². The van der Waals surface area contributed by atoms with Gasteiger partial charge in [0.05, 0.1) is 0 Å². The van der Waals surface area contributed by atoms with Gasteiger partial charge in [0, 0.05) is 0 Å². The molecule has 0 saturated heterocycles. The summed E-state index contributed by atoms with van der Waals surface area (Å²) in [6, 6.07) is 58.1. The van der Waals surface area contributed by atoms with E-state index in [1.807, 2.05) is 0 Å². The van der Waals surface area contributed by atoms with Crippen LogP contribution in [-0.4, -0.2) is 0 Å². The van der Waals surface area contributed by atoms with Gasteiger partial charge in [0.15, 0.2) is 0 Å². The molecular formula is C42H30Cl2Zr. The molecule has 2 atom stereocenters. The zero-order valence-electron chi connectivity index (χ0n) is 24.6. The van der Waals surface area contributed by atoms with Gasteiger partial charge in [-0.3, -0.25) is 0 Å². The van der Waals surface area contributed by atoms with E-state index in [-0.39, 0.29) is 24.8 Å². The Kier molecular flexibility index (Phi) is 9.53. The summed E-state index contributed by atoms with van der Waals surface area (Å²) in [7, 11) is 0. The van der Waals surface area contributed by atoms with Crippen molar-refractivity contribution >= 4 is 23.3 Å². The van der Waals surface area contributed by atoms with Gasteiger partial charge >= 0.3 is 267 Å². The van der Waals surface area contributed by atoms with Crippen LogP contribution < -0.4 is 24.8 Å². The van der Waals surface area contributed by atoms with Crippen LogP contribution in [0.1, 0.15) is 40.6 Å². The second-order valence-corrected chi connectivity index (χ2v) is 15.0. The Balaban J connectivity index is 0.00000179. The largest absolute Gasteiger partial charge is 1.00 e. The molecule has 216 valence electrons. The van der Waals surface area contributed by atoms with Crippen molar-refractivity contribution < 1.29 is 48.0 Å². The van der Waals surface area contributed by atoms with Gasteiger partial charge in [0.25, 0.3) is 0 Å². The molecule has 0 aromatic heterocycles. The van der Waals surface area contributed by atoms with Gasteiger partial charge in [-0.05, 0) is 0 Å². The van der Waals surface area contributed by atoms with E-state index >= 15 is 0 Å². The first-order valence-electron chi connectivity index (χ1n) is 15.0. The zero-order chi connectivity index (χ0) is 28.6. The standard InChI is InChI=1S/2C21H15.2ClH.Zr/c2*1-2-7-16(8-3-1)17-11-6-12-20(13-17)21-14-18-9-4-5-10-19(18)15-21;;;/h2*1-15H;2*1H;/q;;;;+2/p-2. The van der Waals surface area contributed by atoms with E-state index in [1.54, 1.807) is 0 Å². The summed E-state index contributed by atoms with van der Waals surface area (Å²) in [6.07, 6.45) is 4.95. The summed E-state index contributed by atoms with van der Waals surface area (Å²) in [5, 5.41) is 0. The average Bonchev–Trinajstić information content (AvgIpc) is 3.64. The molecule has 45 heavy (non-hydrogen) atoms. The number of halogens is 2. The fourth-order valence-electron chi connectivity index (χ4n) is 6.69. The first kappa shape index (κ1) is 31.3. The first-order valence-corrected chi connectivity index (χ1v) is 17.8. The van der Waals surface area contributed by atoms with Crippen LogP contribution in [-0.2, 0) is 23.2 Å². The van der Waals surface area contributed by atoms with Crippen LogP contribution >= 0.6 is 0 Å². The van der Waals surface area contributed by atoms with Gasteiger partial charge in [-0.25, -0.2) is 0 Å². The van der Waals surface area contributed by atoms with Crippen molar-refractivity contribution in [3.63, 3.8) is 0 Å². The average molecular weight is 697 g/mol. The molecular weight excluding hydrogens is 667 g/mol. The smallest absolute Gasteiger partial charge is 1.00 e. The van der Waals surface area contributed by atoms with Gasteiger partial charge in [0.2, 0.25) is 0 Å². The fourth-order valence-corrected chi connectivity index (χ4v) is 11.8. The minimum absolute atomic E-state index is 0. The second-order valence-electron chi connectivity index (χ2n) is 11.4. The first-order chi connectivity index (χ1) is 21.3. The number of allylic oxidation sites excluding steroid dienone is 2. The van der Waals surface area contributed by atoms with Crippen LogP contribution in [0.5, 0.6) is 0 Å².